The Morgan fingerprint density at radius 1 is 1.06 bits per heavy atom. The molecule has 4 rings (SSSR count). The predicted molar refractivity (Wildman–Crippen MR) is 121 cm³/mol. The molecular formula is C26H36N2O3. The van der Waals surface area contributed by atoms with Gasteiger partial charge < -0.3 is 14.5 Å². The number of likely N-dealkylation sites (tertiary alicyclic amines) is 1. The molecule has 3 aliphatic heterocycles. The Labute approximate surface area is 186 Å². The molecule has 1 aromatic rings. The highest BCUT2D eigenvalue weighted by molar-refractivity contribution is 5.94. The Hall–Kier alpha value is -2.14. The van der Waals surface area contributed by atoms with Crippen molar-refractivity contribution in [3.05, 3.63) is 47.0 Å². The van der Waals surface area contributed by atoms with Gasteiger partial charge in [-0.25, -0.2) is 4.79 Å². The van der Waals surface area contributed by atoms with Crippen molar-refractivity contribution in [2.45, 2.75) is 64.4 Å². The van der Waals surface area contributed by atoms with Crippen molar-refractivity contribution in [3.8, 4) is 0 Å². The standard InChI is InChI=1S/C26H36N2O3/c1-20(2)18-26(21-10-6-5-7-11-21)23-19-28(17-12-22(23)25(30)31-26)24(29)13-16-27-14-8-3-4-9-15-27/h5-7,10-11,20H,3-4,8-9,12-19H2,1-2H3. The normalized spacial score (nSPS) is 24.9. The second kappa shape index (κ2) is 9.56. The number of cyclic esters (lactones) is 1. The zero-order valence-electron chi connectivity index (χ0n) is 19.1. The molecular weight excluding hydrogens is 388 g/mol. The number of hydrogen-bond acceptors (Lipinski definition) is 4. The van der Waals surface area contributed by atoms with Crippen LogP contribution in [0, 0.1) is 5.92 Å². The van der Waals surface area contributed by atoms with Gasteiger partial charge in [0.15, 0.2) is 5.60 Å². The largest absolute Gasteiger partial charge is 0.446 e. The molecule has 5 heteroatoms. The topological polar surface area (TPSA) is 49.9 Å². The van der Waals surface area contributed by atoms with Crippen molar-refractivity contribution in [1.82, 2.24) is 9.80 Å². The number of carbonyl (C=O) groups excluding carboxylic acids is 2. The third-order valence-corrected chi connectivity index (χ3v) is 6.97. The number of rotatable bonds is 6. The molecule has 3 heterocycles. The van der Waals surface area contributed by atoms with Crippen LogP contribution in [-0.4, -0.2) is 54.4 Å². The maximum absolute atomic E-state index is 13.1. The van der Waals surface area contributed by atoms with Crippen molar-refractivity contribution >= 4 is 11.9 Å². The van der Waals surface area contributed by atoms with Crippen LogP contribution in [0.5, 0.6) is 0 Å². The van der Waals surface area contributed by atoms with Gasteiger partial charge in [0.25, 0.3) is 0 Å². The van der Waals surface area contributed by atoms with Crippen molar-refractivity contribution in [3.63, 3.8) is 0 Å². The van der Waals surface area contributed by atoms with Crippen LogP contribution in [0.1, 0.15) is 64.4 Å². The molecule has 0 spiro atoms. The Bertz CT molecular complexity index is 824. The van der Waals surface area contributed by atoms with Gasteiger partial charge in [-0.15, -0.1) is 0 Å². The Morgan fingerprint density at radius 3 is 2.45 bits per heavy atom. The van der Waals surface area contributed by atoms with Gasteiger partial charge in [-0.1, -0.05) is 57.0 Å². The quantitative estimate of drug-likeness (QED) is 0.640. The molecule has 0 radical (unpaired) electrons. The van der Waals surface area contributed by atoms with Crippen LogP contribution in [0.25, 0.3) is 0 Å². The lowest BCUT2D eigenvalue weighted by molar-refractivity contribution is -0.149. The second-order valence-electron chi connectivity index (χ2n) is 9.71. The summed E-state index contributed by atoms with van der Waals surface area (Å²) in [6.07, 6.45) is 6.97. The summed E-state index contributed by atoms with van der Waals surface area (Å²) >= 11 is 0. The van der Waals surface area contributed by atoms with Crippen LogP contribution in [0.3, 0.4) is 0 Å². The molecule has 5 nitrogen and oxygen atoms in total. The molecule has 0 aromatic heterocycles. The molecule has 1 atom stereocenters. The Kier molecular flexibility index (Phi) is 6.80. The number of nitrogens with zero attached hydrogens (tertiary/aromatic N) is 2. The molecule has 0 aliphatic carbocycles. The average molecular weight is 425 g/mol. The molecule has 0 saturated carbocycles. The summed E-state index contributed by atoms with van der Waals surface area (Å²) in [4.78, 5) is 30.3. The highest BCUT2D eigenvalue weighted by Gasteiger charge is 2.50. The van der Waals surface area contributed by atoms with Crippen LogP contribution in [0.15, 0.2) is 41.5 Å². The molecule has 1 unspecified atom stereocenters. The van der Waals surface area contributed by atoms with E-state index in [1.54, 1.807) is 0 Å². The van der Waals surface area contributed by atoms with Gasteiger partial charge >= 0.3 is 5.97 Å². The van der Waals surface area contributed by atoms with Crippen LogP contribution in [0.2, 0.25) is 0 Å². The Morgan fingerprint density at radius 2 is 1.77 bits per heavy atom. The van der Waals surface area contributed by atoms with Gasteiger partial charge in [-0.2, -0.15) is 0 Å². The van der Waals surface area contributed by atoms with Crippen molar-refractivity contribution < 1.29 is 14.3 Å². The van der Waals surface area contributed by atoms with E-state index in [0.29, 0.717) is 31.8 Å². The van der Waals surface area contributed by atoms with E-state index in [-0.39, 0.29) is 11.9 Å². The first-order valence-corrected chi connectivity index (χ1v) is 12.0. The van der Waals surface area contributed by atoms with E-state index in [1.165, 1.54) is 25.7 Å². The first-order chi connectivity index (χ1) is 15.0. The molecule has 1 amide bonds. The number of amides is 1. The maximum Gasteiger partial charge on any atom is 0.335 e. The van der Waals surface area contributed by atoms with Crippen LogP contribution in [-0.2, 0) is 19.9 Å². The number of carbonyl (C=O) groups is 2. The maximum atomic E-state index is 13.1. The summed E-state index contributed by atoms with van der Waals surface area (Å²) in [5.74, 6) is 0.354. The van der Waals surface area contributed by atoms with Crippen molar-refractivity contribution in [1.29, 1.82) is 0 Å². The van der Waals surface area contributed by atoms with Crippen LogP contribution < -0.4 is 0 Å². The molecule has 168 valence electrons. The van der Waals surface area contributed by atoms with Crippen molar-refractivity contribution in [2.24, 2.45) is 5.92 Å². The second-order valence-corrected chi connectivity index (χ2v) is 9.71. The SMILES string of the molecule is CC(C)CC1(c2ccccc2)OC(=O)C2=C1CN(C(=O)CCN1CCCCCC1)CC2. The zero-order chi connectivity index (χ0) is 21.8. The summed E-state index contributed by atoms with van der Waals surface area (Å²) in [7, 11) is 0. The highest BCUT2D eigenvalue weighted by Crippen LogP contribution is 2.48. The van der Waals surface area contributed by atoms with Crippen molar-refractivity contribution in [2.75, 3.05) is 32.7 Å². The monoisotopic (exact) mass is 424 g/mol. The lowest BCUT2D eigenvalue weighted by Crippen LogP contribution is -2.42. The first kappa shape index (κ1) is 22.1. The minimum absolute atomic E-state index is 0.196. The summed E-state index contributed by atoms with van der Waals surface area (Å²) in [6, 6.07) is 10.1. The smallest absolute Gasteiger partial charge is 0.335 e. The van der Waals surface area contributed by atoms with Gasteiger partial charge in [0, 0.05) is 37.2 Å². The fraction of sp³-hybridized carbons (Fsp3) is 0.615. The number of hydrogen-bond donors (Lipinski definition) is 0. The number of ether oxygens (including phenoxy) is 1. The minimum atomic E-state index is -0.744. The van der Waals surface area contributed by atoms with Gasteiger partial charge in [-0.3, -0.25) is 4.79 Å². The lowest BCUT2D eigenvalue weighted by Gasteiger charge is -2.37. The van der Waals surface area contributed by atoms with Gasteiger partial charge in [0.2, 0.25) is 5.91 Å². The minimum Gasteiger partial charge on any atom is -0.446 e. The van der Waals surface area contributed by atoms with Gasteiger partial charge in [-0.05, 0) is 50.3 Å². The molecule has 0 N–H and O–H groups in total. The Balaban J connectivity index is 1.51. The molecule has 31 heavy (non-hydrogen) atoms. The predicted octanol–water partition coefficient (Wildman–Crippen LogP) is 4.28. The lowest BCUT2D eigenvalue weighted by atomic mass is 9.77. The zero-order valence-corrected chi connectivity index (χ0v) is 19.1. The molecule has 0 bridgehead atoms. The molecule has 1 aromatic carbocycles. The first-order valence-electron chi connectivity index (χ1n) is 12.0. The van der Waals surface area contributed by atoms with E-state index in [1.807, 2.05) is 35.2 Å². The van der Waals surface area contributed by atoms with Gasteiger partial charge in [0.05, 0.1) is 0 Å². The average Bonchev–Trinajstić information content (AvgIpc) is 2.92. The van der Waals surface area contributed by atoms with E-state index in [9.17, 15) is 9.59 Å². The summed E-state index contributed by atoms with van der Waals surface area (Å²) in [6.45, 7) is 8.48. The number of benzene rings is 1. The van der Waals surface area contributed by atoms with E-state index >= 15 is 0 Å². The summed E-state index contributed by atoms with van der Waals surface area (Å²) in [5.41, 5.74) is 2.07. The van der Waals surface area contributed by atoms with Crippen LogP contribution in [0.4, 0.5) is 0 Å². The third-order valence-electron chi connectivity index (χ3n) is 6.97. The van der Waals surface area contributed by atoms with E-state index in [2.05, 4.69) is 18.7 Å². The fourth-order valence-electron chi connectivity index (χ4n) is 5.42. The summed E-state index contributed by atoms with van der Waals surface area (Å²) < 4.78 is 6.13. The fourth-order valence-corrected chi connectivity index (χ4v) is 5.42. The summed E-state index contributed by atoms with van der Waals surface area (Å²) in [5, 5.41) is 0. The molecule has 1 saturated heterocycles. The molecule has 1 fully saturated rings. The number of esters is 1. The van der Waals surface area contributed by atoms with E-state index < -0.39 is 5.60 Å². The van der Waals surface area contributed by atoms with E-state index in [0.717, 1.165) is 42.8 Å². The van der Waals surface area contributed by atoms with E-state index in [4.69, 9.17) is 4.74 Å². The third kappa shape index (κ3) is 4.72. The van der Waals surface area contributed by atoms with Crippen LogP contribution >= 0.6 is 0 Å². The highest BCUT2D eigenvalue weighted by atomic mass is 16.6. The molecule has 3 aliphatic rings. The van der Waals surface area contributed by atoms with Gasteiger partial charge in [0.1, 0.15) is 0 Å².